The minimum Gasteiger partial charge on any atom is -0.478 e. The molecule has 5 rings (SSSR count). The monoisotopic (exact) mass is 532 g/mol. The van der Waals surface area contributed by atoms with Crippen molar-refractivity contribution in [3.05, 3.63) is 97.2 Å². The predicted octanol–water partition coefficient (Wildman–Crippen LogP) is 0.994. The Hall–Kier alpha value is -5.53. The van der Waals surface area contributed by atoms with Gasteiger partial charge in [-0.15, -0.1) is 0 Å². The summed E-state index contributed by atoms with van der Waals surface area (Å²) >= 11 is 0. The molecule has 39 heavy (non-hydrogen) atoms. The normalized spacial score (nSPS) is 11.1. The van der Waals surface area contributed by atoms with E-state index in [0.717, 1.165) is 10.5 Å². The first kappa shape index (κ1) is 25.1. The lowest BCUT2D eigenvalue weighted by Gasteiger charge is -2.10. The number of carbonyl (C=O) groups excluding carboxylic acids is 2. The summed E-state index contributed by atoms with van der Waals surface area (Å²) < 4.78 is 11.9. The largest absolute Gasteiger partial charge is 0.478 e. The van der Waals surface area contributed by atoms with Gasteiger partial charge in [0.05, 0.1) is 11.1 Å². The average molecular weight is 532 g/mol. The van der Waals surface area contributed by atoms with Gasteiger partial charge >= 0.3 is 17.5 Å². The molecular weight excluding hydrogens is 512 g/mol. The van der Waals surface area contributed by atoms with Crippen LogP contribution in [0, 0.1) is 6.92 Å². The summed E-state index contributed by atoms with van der Waals surface area (Å²) in [6.07, 6.45) is 0. The number of nitrogens with one attached hydrogen (secondary N) is 2. The Bertz CT molecular complexity index is 1910. The van der Waals surface area contributed by atoms with Crippen LogP contribution in [0.1, 0.15) is 48.0 Å². The number of hydrogen-bond acceptors (Lipinski definition) is 9. The highest BCUT2D eigenvalue weighted by Crippen LogP contribution is 2.15. The molecule has 3 aromatic heterocycles. The van der Waals surface area contributed by atoms with Gasteiger partial charge in [0.1, 0.15) is 11.4 Å². The van der Waals surface area contributed by atoms with E-state index < -0.39 is 29.3 Å². The van der Waals surface area contributed by atoms with E-state index in [0.29, 0.717) is 27.8 Å². The van der Waals surface area contributed by atoms with Crippen LogP contribution < -0.4 is 22.1 Å². The number of nitrogens with zero attached hydrogens (tertiary/aromatic N) is 4. The van der Waals surface area contributed by atoms with Crippen LogP contribution in [0.5, 0.6) is 0 Å². The number of carboxylic acids is 1. The first-order valence-corrected chi connectivity index (χ1v) is 11.5. The van der Waals surface area contributed by atoms with Crippen molar-refractivity contribution in [2.45, 2.75) is 20.0 Å². The van der Waals surface area contributed by atoms with Gasteiger partial charge in [0.2, 0.25) is 0 Å². The molecule has 3 heterocycles. The second-order valence-electron chi connectivity index (χ2n) is 8.66. The minimum atomic E-state index is -1.05. The number of hydrogen-bond donors (Lipinski definition) is 3. The second kappa shape index (κ2) is 9.74. The average Bonchev–Trinajstić information content (AvgIpc) is 3.43. The summed E-state index contributed by atoms with van der Waals surface area (Å²) in [6, 6.07) is 10.7. The van der Waals surface area contributed by atoms with Gasteiger partial charge in [-0.25, -0.2) is 23.8 Å². The van der Waals surface area contributed by atoms with E-state index in [1.165, 1.54) is 10.6 Å². The quantitative estimate of drug-likeness (QED) is 0.272. The van der Waals surface area contributed by atoms with Gasteiger partial charge in [-0.3, -0.25) is 18.7 Å². The fourth-order valence-electron chi connectivity index (χ4n) is 4.04. The smallest absolute Gasteiger partial charge is 0.448 e. The predicted molar refractivity (Wildman–Crippen MR) is 133 cm³/mol. The summed E-state index contributed by atoms with van der Waals surface area (Å²) in [4.78, 5) is 65.1. The zero-order chi connectivity index (χ0) is 27.8. The summed E-state index contributed by atoms with van der Waals surface area (Å²) in [5, 5.41) is 18.0. The Kier molecular flexibility index (Phi) is 6.27. The van der Waals surface area contributed by atoms with Crippen LogP contribution in [0.4, 0.5) is 0 Å². The molecule has 5 aromatic rings. The van der Waals surface area contributed by atoms with E-state index in [-0.39, 0.29) is 35.8 Å². The minimum absolute atomic E-state index is 0.0329. The SMILES string of the molecule is Cc1cc(CNC(=O)c2cc(C(=O)NCc3ccc4oc(=O)n(C)c4c3)n3c(=O)onc3n2)ccc1C(=O)O. The highest BCUT2D eigenvalue weighted by Gasteiger charge is 2.21. The Morgan fingerprint density at radius 1 is 0.949 bits per heavy atom. The Morgan fingerprint density at radius 2 is 1.64 bits per heavy atom. The number of aryl methyl sites for hydroxylation is 2. The molecular formula is C25H20N6O8. The maximum Gasteiger partial charge on any atom is 0.448 e. The third-order valence-electron chi connectivity index (χ3n) is 6.07. The highest BCUT2D eigenvalue weighted by atomic mass is 16.5. The molecule has 2 aromatic carbocycles. The van der Waals surface area contributed by atoms with Crippen molar-refractivity contribution in [1.82, 2.24) is 29.7 Å². The Labute approximate surface area is 217 Å². The summed E-state index contributed by atoms with van der Waals surface area (Å²) in [5.74, 6) is -4.18. The maximum absolute atomic E-state index is 13.1. The number of carboxylic acid groups (broad SMARTS) is 1. The number of fused-ring (bicyclic) bond motifs is 2. The van der Waals surface area contributed by atoms with E-state index >= 15 is 0 Å². The Morgan fingerprint density at radius 3 is 2.36 bits per heavy atom. The standard InChI is InChI=1S/C25H20N6O8/c1-12-7-13(3-5-15(12)22(34)35)10-26-20(32)16-9-18(31-23(28-16)29-39-25(31)37)21(33)27-11-14-4-6-19-17(8-14)30(2)24(36)38-19/h3-9H,10-11H2,1-2H3,(H,26,32)(H,27,33)(H,34,35). The molecule has 0 aliphatic carbocycles. The van der Waals surface area contributed by atoms with Gasteiger partial charge in [0, 0.05) is 20.1 Å². The van der Waals surface area contributed by atoms with Crippen LogP contribution in [0.3, 0.4) is 0 Å². The summed E-state index contributed by atoms with van der Waals surface area (Å²) in [5.41, 5.74) is 2.50. The summed E-state index contributed by atoms with van der Waals surface area (Å²) in [6.45, 7) is 1.73. The lowest BCUT2D eigenvalue weighted by atomic mass is 10.1. The molecule has 0 bridgehead atoms. The van der Waals surface area contributed by atoms with Crippen LogP contribution in [0.15, 0.2) is 61.0 Å². The van der Waals surface area contributed by atoms with Crippen LogP contribution in [-0.2, 0) is 20.1 Å². The van der Waals surface area contributed by atoms with Gasteiger partial charge in [-0.05, 0) is 53.0 Å². The molecule has 0 unspecified atom stereocenters. The molecule has 14 nitrogen and oxygen atoms in total. The van der Waals surface area contributed by atoms with Gasteiger partial charge in [0.15, 0.2) is 5.58 Å². The second-order valence-corrected chi connectivity index (χ2v) is 8.66. The number of benzene rings is 2. The fourth-order valence-corrected chi connectivity index (χ4v) is 4.04. The number of amides is 2. The van der Waals surface area contributed by atoms with Crippen molar-refractivity contribution >= 4 is 34.7 Å². The van der Waals surface area contributed by atoms with E-state index in [2.05, 4.69) is 25.3 Å². The maximum atomic E-state index is 13.1. The number of carbonyl (C=O) groups is 3. The molecule has 0 spiro atoms. The van der Waals surface area contributed by atoms with Gasteiger partial charge in [-0.2, -0.15) is 0 Å². The van der Waals surface area contributed by atoms with Gasteiger partial charge < -0.3 is 20.2 Å². The van der Waals surface area contributed by atoms with E-state index in [9.17, 15) is 29.1 Å². The van der Waals surface area contributed by atoms with E-state index in [4.69, 9.17) is 4.42 Å². The number of aromatic nitrogens is 4. The molecule has 3 N–H and O–H groups in total. The van der Waals surface area contributed by atoms with Crippen molar-refractivity contribution in [3.8, 4) is 0 Å². The Balaban J connectivity index is 1.36. The van der Waals surface area contributed by atoms with Crippen molar-refractivity contribution in [2.24, 2.45) is 7.05 Å². The molecule has 0 atom stereocenters. The highest BCUT2D eigenvalue weighted by molar-refractivity contribution is 5.98. The number of oxazole rings is 1. The lowest BCUT2D eigenvalue weighted by molar-refractivity contribution is 0.0695. The first-order valence-electron chi connectivity index (χ1n) is 11.5. The van der Waals surface area contributed by atoms with Crippen LogP contribution in [-0.4, -0.2) is 42.0 Å². The van der Waals surface area contributed by atoms with E-state index in [1.54, 1.807) is 44.3 Å². The van der Waals surface area contributed by atoms with Gasteiger partial charge in [0.25, 0.3) is 17.6 Å². The third kappa shape index (κ3) is 4.77. The summed E-state index contributed by atoms with van der Waals surface area (Å²) in [7, 11) is 1.56. The fraction of sp³-hybridized carbons (Fsp3) is 0.160. The molecule has 0 saturated heterocycles. The van der Waals surface area contributed by atoms with Crippen molar-refractivity contribution in [3.63, 3.8) is 0 Å². The molecule has 0 saturated carbocycles. The zero-order valence-electron chi connectivity index (χ0n) is 20.5. The lowest BCUT2D eigenvalue weighted by Crippen LogP contribution is -2.30. The van der Waals surface area contributed by atoms with Crippen LogP contribution in [0.2, 0.25) is 0 Å². The number of rotatable bonds is 7. The topological polar surface area (TPSA) is 191 Å². The van der Waals surface area contributed by atoms with Crippen molar-refractivity contribution in [1.29, 1.82) is 0 Å². The first-order chi connectivity index (χ1) is 18.6. The number of aromatic carboxylic acids is 1. The van der Waals surface area contributed by atoms with Crippen molar-refractivity contribution in [2.75, 3.05) is 0 Å². The molecule has 0 fully saturated rings. The molecule has 2 amide bonds. The van der Waals surface area contributed by atoms with Crippen LogP contribution in [0.25, 0.3) is 16.9 Å². The van der Waals surface area contributed by atoms with Crippen molar-refractivity contribution < 1.29 is 28.4 Å². The molecule has 0 radical (unpaired) electrons. The van der Waals surface area contributed by atoms with Gasteiger partial charge in [-0.1, -0.05) is 18.2 Å². The molecule has 0 aliphatic rings. The molecule has 0 aliphatic heterocycles. The van der Waals surface area contributed by atoms with E-state index in [1.807, 2.05) is 0 Å². The van der Waals surface area contributed by atoms with Crippen LogP contribution >= 0.6 is 0 Å². The molecule has 14 heteroatoms. The molecule has 198 valence electrons. The third-order valence-corrected chi connectivity index (χ3v) is 6.07. The zero-order valence-corrected chi connectivity index (χ0v) is 20.5.